The average molecular weight is 455 g/mol. The van der Waals surface area contributed by atoms with Crippen LogP contribution in [0.15, 0.2) is 36.4 Å². The Morgan fingerprint density at radius 1 is 1.06 bits per heavy atom. The predicted molar refractivity (Wildman–Crippen MR) is 130 cm³/mol. The summed E-state index contributed by atoms with van der Waals surface area (Å²) in [5.74, 6) is -0.155. The third-order valence-corrected chi connectivity index (χ3v) is 8.36. The summed E-state index contributed by atoms with van der Waals surface area (Å²) in [7, 11) is 0. The van der Waals surface area contributed by atoms with Gasteiger partial charge in [-0.15, -0.1) is 11.3 Å². The second-order valence-corrected chi connectivity index (χ2v) is 10.4. The Labute approximate surface area is 195 Å². The molecule has 1 aromatic carbocycles. The van der Waals surface area contributed by atoms with E-state index in [2.05, 4.69) is 18.7 Å². The average Bonchev–Trinajstić information content (AvgIpc) is 3.26. The predicted octanol–water partition coefficient (Wildman–Crippen LogP) is 5.76. The van der Waals surface area contributed by atoms with E-state index >= 15 is 0 Å². The number of thiophene rings is 1. The molecule has 0 atom stereocenters. The lowest BCUT2D eigenvalue weighted by molar-refractivity contribution is -0.124. The van der Waals surface area contributed by atoms with Gasteiger partial charge in [0.05, 0.1) is 5.69 Å². The number of carboxylic acid groups (broad SMARTS) is 1. The quantitative estimate of drug-likeness (QED) is 0.603. The van der Waals surface area contributed by atoms with E-state index in [1.807, 2.05) is 41.3 Å². The van der Waals surface area contributed by atoms with Gasteiger partial charge in [0.25, 0.3) is 0 Å². The van der Waals surface area contributed by atoms with Crippen molar-refractivity contribution in [2.24, 2.45) is 11.8 Å². The number of hydrogen-bond donors (Lipinski definition) is 1. The van der Waals surface area contributed by atoms with Crippen molar-refractivity contribution in [2.75, 3.05) is 24.5 Å². The summed E-state index contributed by atoms with van der Waals surface area (Å²) in [5, 5.41) is 10.0. The summed E-state index contributed by atoms with van der Waals surface area (Å²) in [6.07, 6.45) is 5.73. The maximum atomic E-state index is 13.9. The number of amides is 1. The minimum absolute atomic E-state index is 0.00266. The van der Waals surface area contributed by atoms with Gasteiger partial charge >= 0.3 is 5.97 Å². The summed E-state index contributed by atoms with van der Waals surface area (Å²) >= 11 is 1.28. The van der Waals surface area contributed by atoms with Crippen LogP contribution < -0.4 is 4.90 Å². The summed E-state index contributed by atoms with van der Waals surface area (Å²) in [6.45, 7) is 7.33. The molecule has 2 aliphatic rings. The zero-order chi connectivity index (χ0) is 22.7. The summed E-state index contributed by atoms with van der Waals surface area (Å²) in [4.78, 5) is 31.6. The van der Waals surface area contributed by atoms with Crippen LogP contribution in [-0.4, -0.2) is 47.6 Å². The molecule has 172 valence electrons. The molecule has 1 amide bonds. The Balaban J connectivity index is 1.71. The normalized spacial score (nSPS) is 22.6. The van der Waals surface area contributed by atoms with E-state index in [1.165, 1.54) is 11.3 Å². The number of carboxylic acids is 1. The Kier molecular flexibility index (Phi) is 7.31. The Bertz CT molecular complexity index is 926. The van der Waals surface area contributed by atoms with E-state index in [-0.39, 0.29) is 22.7 Å². The fraction of sp³-hybridized carbons (Fsp3) is 0.538. The van der Waals surface area contributed by atoms with E-state index in [4.69, 9.17) is 0 Å². The molecule has 4 rings (SSSR count). The smallest absolute Gasteiger partial charge is 0.348 e. The molecule has 6 heteroatoms. The van der Waals surface area contributed by atoms with Crippen molar-refractivity contribution in [3.8, 4) is 10.4 Å². The molecule has 5 nitrogen and oxygen atoms in total. The lowest BCUT2D eigenvalue weighted by Crippen LogP contribution is -2.50. The standard InChI is InChI=1S/C26H34N2O3S/c1-3-27-15-13-21(14-16-27)28(25(29)20-11-9-18(2)10-12-20)22-17-23(32-24(22)26(30)31)19-7-5-4-6-8-19/h4-8,17-18,20-21H,3,9-16H2,1-2H3,(H,30,31). The van der Waals surface area contributed by atoms with Crippen molar-refractivity contribution in [3.05, 3.63) is 41.3 Å². The molecule has 2 heterocycles. The molecule has 0 radical (unpaired) electrons. The number of aromatic carboxylic acids is 1. The number of likely N-dealkylation sites (tertiary alicyclic amines) is 1. The zero-order valence-corrected chi connectivity index (χ0v) is 19.9. The molecular weight excluding hydrogens is 420 g/mol. The third-order valence-electron chi connectivity index (χ3n) is 7.20. The first-order valence-corrected chi connectivity index (χ1v) is 12.8. The van der Waals surface area contributed by atoms with Gasteiger partial charge in [0.15, 0.2) is 0 Å². The first-order valence-electron chi connectivity index (χ1n) is 12.0. The Morgan fingerprint density at radius 3 is 2.31 bits per heavy atom. The number of benzene rings is 1. The maximum Gasteiger partial charge on any atom is 0.348 e. The number of rotatable bonds is 6. The van der Waals surface area contributed by atoms with Crippen LogP contribution in [0.4, 0.5) is 5.69 Å². The van der Waals surface area contributed by atoms with Crippen molar-refractivity contribution < 1.29 is 14.7 Å². The van der Waals surface area contributed by atoms with Crippen LogP contribution >= 0.6 is 11.3 Å². The molecule has 32 heavy (non-hydrogen) atoms. The minimum atomic E-state index is -0.951. The van der Waals surface area contributed by atoms with Crippen LogP contribution in [0.2, 0.25) is 0 Å². The van der Waals surface area contributed by atoms with Gasteiger partial charge in [0.1, 0.15) is 4.88 Å². The second kappa shape index (κ2) is 10.2. The molecule has 1 N–H and O–H groups in total. The fourth-order valence-electron chi connectivity index (χ4n) is 5.15. The van der Waals surface area contributed by atoms with E-state index in [1.54, 1.807) is 0 Å². The van der Waals surface area contributed by atoms with Crippen LogP contribution in [0, 0.1) is 11.8 Å². The number of anilines is 1. The summed E-state index contributed by atoms with van der Waals surface area (Å²) in [6, 6.07) is 11.9. The van der Waals surface area contributed by atoms with Gasteiger partial charge in [-0.1, -0.05) is 44.2 Å². The van der Waals surface area contributed by atoms with E-state index < -0.39 is 5.97 Å². The van der Waals surface area contributed by atoms with E-state index in [0.29, 0.717) is 11.6 Å². The number of carbonyl (C=O) groups is 2. The molecule has 1 aromatic heterocycles. The lowest BCUT2D eigenvalue weighted by Gasteiger charge is -2.40. The first-order chi connectivity index (χ1) is 15.5. The van der Waals surface area contributed by atoms with Crippen LogP contribution in [0.25, 0.3) is 10.4 Å². The van der Waals surface area contributed by atoms with Gasteiger partial charge in [-0.25, -0.2) is 4.79 Å². The number of carbonyl (C=O) groups excluding carboxylic acids is 1. The van der Waals surface area contributed by atoms with Crippen molar-refractivity contribution >= 4 is 28.9 Å². The van der Waals surface area contributed by atoms with Gasteiger partial charge in [-0.2, -0.15) is 0 Å². The van der Waals surface area contributed by atoms with Gasteiger partial charge in [0, 0.05) is 29.9 Å². The molecular formula is C26H34N2O3S. The molecule has 1 saturated carbocycles. The number of nitrogens with zero attached hydrogens (tertiary/aromatic N) is 2. The molecule has 2 aromatic rings. The first kappa shape index (κ1) is 23.0. The number of hydrogen-bond acceptors (Lipinski definition) is 4. The topological polar surface area (TPSA) is 60.9 Å². The molecule has 1 saturated heterocycles. The van der Waals surface area contributed by atoms with E-state index in [0.717, 1.165) is 68.6 Å². The van der Waals surface area contributed by atoms with E-state index in [9.17, 15) is 14.7 Å². The highest BCUT2D eigenvalue weighted by atomic mass is 32.1. The molecule has 0 spiro atoms. The third kappa shape index (κ3) is 4.91. The second-order valence-electron chi connectivity index (χ2n) is 9.33. The zero-order valence-electron chi connectivity index (χ0n) is 19.1. The lowest BCUT2D eigenvalue weighted by atomic mass is 9.82. The largest absolute Gasteiger partial charge is 0.477 e. The van der Waals surface area contributed by atoms with Gasteiger partial charge in [-0.05, 0) is 62.6 Å². The van der Waals surface area contributed by atoms with Crippen molar-refractivity contribution in [3.63, 3.8) is 0 Å². The minimum Gasteiger partial charge on any atom is -0.477 e. The Morgan fingerprint density at radius 2 is 1.72 bits per heavy atom. The van der Waals surface area contributed by atoms with Gasteiger partial charge in [0.2, 0.25) is 5.91 Å². The Hall–Kier alpha value is -2.18. The highest BCUT2D eigenvalue weighted by Gasteiger charge is 2.37. The fourth-order valence-corrected chi connectivity index (χ4v) is 6.14. The molecule has 0 unspecified atom stereocenters. The molecule has 1 aliphatic heterocycles. The van der Waals surface area contributed by atoms with Crippen LogP contribution in [-0.2, 0) is 4.79 Å². The van der Waals surface area contributed by atoms with Gasteiger partial charge in [-0.3, -0.25) is 4.79 Å². The van der Waals surface area contributed by atoms with Gasteiger partial charge < -0.3 is 14.9 Å². The van der Waals surface area contributed by atoms with Crippen LogP contribution in [0.1, 0.15) is 62.0 Å². The highest BCUT2D eigenvalue weighted by Crippen LogP contribution is 2.41. The highest BCUT2D eigenvalue weighted by molar-refractivity contribution is 7.18. The summed E-state index contributed by atoms with van der Waals surface area (Å²) in [5.41, 5.74) is 1.59. The number of piperidine rings is 1. The molecule has 0 bridgehead atoms. The van der Waals surface area contributed by atoms with Crippen molar-refractivity contribution in [1.82, 2.24) is 4.90 Å². The van der Waals surface area contributed by atoms with Crippen molar-refractivity contribution in [2.45, 2.75) is 58.4 Å². The summed E-state index contributed by atoms with van der Waals surface area (Å²) < 4.78 is 0. The SMILES string of the molecule is CCN1CCC(N(C(=O)C2CCC(C)CC2)c2cc(-c3ccccc3)sc2C(=O)O)CC1. The monoisotopic (exact) mass is 454 g/mol. The maximum absolute atomic E-state index is 13.9. The van der Waals surface area contributed by atoms with Crippen molar-refractivity contribution in [1.29, 1.82) is 0 Å². The van der Waals surface area contributed by atoms with Crippen LogP contribution in [0.3, 0.4) is 0 Å². The molecule has 1 aliphatic carbocycles. The molecule has 2 fully saturated rings. The van der Waals surface area contributed by atoms with Crippen LogP contribution in [0.5, 0.6) is 0 Å².